The quantitative estimate of drug-likeness (QED) is 0.661. The van der Waals surface area contributed by atoms with Crippen LogP contribution in [-0.2, 0) is 6.54 Å². The Hall–Kier alpha value is -2.43. The van der Waals surface area contributed by atoms with Crippen LogP contribution in [0.25, 0.3) is 10.8 Å². The minimum atomic E-state index is 0.0268. The number of pyridine rings is 1. The van der Waals surface area contributed by atoms with Gasteiger partial charge in [-0.05, 0) is 28.5 Å². The molecule has 1 aromatic heterocycles. The second-order valence-corrected chi connectivity index (χ2v) is 6.96. The van der Waals surface area contributed by atoms with E-state index in [1.807, 2.05) is 4.90 Å². The van der Waals surface area contributed by atoms with Crippen molar-refractivity contribution < 1.29 is 4.79 Å². The van der Waals surface area contributed by atoms with Gasteiger partial charge in [-0.2, -0.15) is 0 Å². The summed E-state index contributed by atoms with van der Waals surface area (Å²) in [5.41, 5.74) is 1.93. The molecular weight excluding hydrogens is 346 g/mol. The van der Waals surface area contributed by atoms with E-state index in [4.69, 9.17) is 11.6 Å². The van der Waals surface area contributed by atoms with Crippen LogP contribution in [-0.4, -0.2) is 46.9 Å². The molecule has 0 unspecified atom stereocenters. The molecule has 0 N–H and O–H groups in total. The van der Waals surface area contributed by atoms with Crippen LogP contribution in [0.5, 0.6) is 0 Å². The Morgan fingerprint density at radius 3 is 2.50 bits per heavy atom. The topological polar surface area (TPSA) is 36.4 Å². The Bertz CT molecular complexity index is 913. The van der Waals surface area contributed by atoms with Crippen LogP contribution in [0.15, 0.2) is 60.8 Å². The first kappa shape index (κ1) is 17.0. The number of rotatable bonds is 3. The zero-order valence-corrected chi connectivity index (χ0v) is 15.2. The molecule has 1 saturated heterocycles. The lowest BCUT2D eigenvalue weighted by molar-refractivity contribution is 0.0628. The minimum Gasteiger partial charge on any atom is -0.336 e. The van der Waals surface area contributed by atoms with E-state index in [9.17, 15) is 4.79 Å². The number of fused-ring (bicyclic) bond motifs is 1. The first-order valence-corrected chi connectivity index (χ1v) is 9.18. The third kappa shape index (κ3) is 3.57. The molecule has 1 amide bonds. The van der Waals surface area contributed by atoms with E-state index in [1.54, 1.807) is 18.3 Å². The Kier molecular flexibility index (Phi) is 4.87. The van der Waals surface area contributed by atoms with E-state index in [-0.39, 0.29) is 5.91 Å². The van der Waals surface area contributed by atoms with E-state index in [1.165, 1.54) is 16.3 Å². The fourth-order valence-corrected chi connectivity index (χ4v) is 3.58. The number of aromatic nitrogens is 1. The van der Waals surface area contributed by atoms with E-state index in [2.05, 4.69) is 52.3 Å². The zero-order valence-electron chi connectivity index (χ0n) is 14.4. The SMILES string of the molecule is O=C(c1ccc(Cl)nc1)N1CCN(Cc2cccc3ccccc23)CC1. The molecule has 3 aromatic rings. The molecule has 0 atom stereocenters. The largest absolute Gasteiger partial charge is 0.336 e. The van der Waals surface area contributed by atoms with Gasteiger partial charge in [0, 0.05) is 38.9 Å². The normalized spacial score (nSPS) is 15.3. The van der Waals surface area contributed by atoms with Crippen molar-refractivity contribution in [1.82, 2.24) is 14.8 Å². The van der Waals surface area contributed by atoms with Crippen molar-refractivity contribution in [1.29, 1.82) is 0 Å². The van der Waals surface area contributed by atoms with Crippen LogP contribution >= 0.6 is 11.6 Å². The summed E-state index contributed by atoms with van der Waals surface area (Å²) in [7, 11) is 0. The number of carbonyl (C=O) groups is 1. The second kappa shape index (κ2) is 7.44. The van der Waals surface area contributed by atoms with Crippen molar-refractivity contribution >= 4 is 28.3 Å². The minimum absolute atomic E-state index is 0.0268. The van der Waals surface area contributed by atoms with Crippen LogP contribution in [0.4, 0.5) is 0 Å². The van der Waals surface area contributed by atoms with Gasteiger partial charge in [0.1, 0.15) is 5.15 Å². The molecule has 0 spiro atoms. The number of amides is 1. The van der Waals surface area contributed by atoms with E-state index in [0.29, 0.717) is 10.7 Å². The Morgan fingerprint density at radius 1 is 0.962 bits per heavy atom. The number of hydrogen-bond acceptors (Lipinski definition) is 3. The predicted molar refractivity (Wildman–Crippen MR) is 104 cm³/mol. The van der Waals surface area contributed by atoms with E-state index in [0.717, 1.165) is 32.7 Å². The molecule has 2 aromatic carbocycles. The molecule has 4 rings (SSSR count). The highest BCUT2D eigenvalue weighted by Gasteiger charge is 2.22. The van der Waals surface area contributed by atoms with Gasteiger partial charge in [-0.3, -0.25) is 9.69 Å². The first-order chi connectivity index (χ1) is 12.7. The highest BCUT2D eigenvalue weighted by Crippen LogP contribution is 2.21. The fourth-order valence-electron chi connectivity index (χ4n) is 3.47. The van der Waals surface area contributed by atoms with Crippen molar-refractivity contribution in [3.8, 4) is 0 Å². The molecule has 1 aliphatic heterocycles. The lowest BCUT2D eigenvalue weighted by Crippen LogP contribution is -2.48. The van der Waals surface area contributed by atoms with Crippen LogP contribution in [0.1, 0.15) is 15.9 Å². The summed E-state index contributed by atoms with van der Waals surface area (Å²) in [5, 5.41) is 2.98. The monoisotopic (exact) mass is 365 g/mol. The van der Waals surface area contributed by atoms with Gasteiger partial charge in [0.15, 0.2) is 0 Å². The first-order valence-electron chi connectivity index (χ1n) is 8.80. The molecule has 0 saturated carbocycles. The number of benzene rings is 2. The molecule has 4 nitrogen and oxygen atoms in total. The summed E-state index contributed by atoms with van der Waals surface area (Å²) in [4.78, 5) is 20.9. The van der Waals surface area contributed by atoms with Gasteiger partial charge in [0.05, 0.1) is 5.56 Å². The van der Waals surface area contributed by atoms with Crippen LogP contribution < -0.4 is 0 Å². The third-order valence-corrected chi connectivity index (χ3v) is 5.13. The summed E-state index contributed by atoms with van der Waals surface area (Å²) in [6.45, 7) is 4.11. The van der Waals surface area contributed by atoms with E-state index >= 15 is 0 Å². The maximum atomic E-state index is 12.6. The molecule has 26 heavy (non-hydrogen) atoms. The summed E-state index contributed by atoms with van der Waals surface area (Å²) < 4.78 is 0. The standard InChI is InChI=1S/C21H20ClN3O/c22-20-9-8-17(14-23-20)21(26)25-12-10-24(11-13-25)15-18-6-3-5-16-4-1-2-7-19(16)18/h1-9,14H,10-13,15H2. The Balaban J connectivity index is 1.40. The highest BCUT2D eigenvalue weighted by molar-refractivity contribution is 6.29. The summed E-state index contributed by atoms with van der Waals surface area (Å²) in [6, 6.07) is 18.3. The molecule has 1 fully saturated rings. The summed E-state index contributed by atoms with van der Waals surface area (Å²) in [5.74, 6) is 0.0268. The van der Waals surface area contributed by atoms with Crippen LogP contribution in [0.3, 0.4) is 0 Å². The van der Waals surface area contributed by atoms with Gasteiger partial charge in [-0.25, -0.2) is 4.98 Å². The van der Waals surface area contributed by atoms with Gasteiger partial charge < -0.3 is 4.90 Å². The van der Waals surface area contributed by atoms with Crippen molar-refractivity contribution in [2.24, 2.45) is 0 Å². The number of hydrogen-bond donors (Lipinski definition) is 0. The molecule has 0 radical (unpaired) electrons. The Labute approximate surface area is 158 Å². The van der Waals surface area contributed by atoms with Crippen LogP contribution in [0, 0.1) is 0 Å². The predicted octanol–water partition coefficient (Wildman–Crippen LogP) is 3.85. The van der Waals surface area contributed by atoms with Gasteiger partial charge >= 0.3 is 0 Å². The summed E-state index contributed by atoms with van der Waals surface area (Å²) in [6.07, 6.45) is 1.55. The van der Waals surface area contributed by atoms with Crippen molar-refractivity contribution in [3.05, 3.63) is 77.1 Å². The molecule has 132 valence electrons. The van der Waals surface area contributed by atoms with E-state index < -0.39 is 0 Å². The number of carbonyl (C=O) groups excluding carboxylic acids is 1. The lowest BCUT2D eigenvalue weighted by atomic mass is 10.0. The zero-order chi connectivity index (χ0) is 17.9. The average Bonchev–Trinajstić information content (AvgIpc) is 2.69. The Morgan fingerprint density at radius 2 is 1.73 bits per heavy atom. The van der Waals surface area contributed by atoms with Crippen molar-refractivity contribution in [2.45, 2.75) is 6.54 Å². The smallest absolute Gasteiger partial charge is 0.255 e. The maximum absolute atomic E-state index is 12.6. The number of piperazine rings is 1. The fraction of sp³-hybridized carbons (Fsp3) is 0.238. The van der Waals surface area contributed by atoms with Gasteiger partial charge in [0.2, 0.25) is 0 Å². The highest BCUT2D eigenvalue weighted by atomic mass is 35.5. The third-order valence-electron chi connectivity index (χ3n) is 4.91. The second-order valence-electron chi connectivity index (χ2n) is 6.58. The number of nitrogens with zero attached hydrogens (tertiary/aromatic N) is 3. The molecular formula is C21H20ClN3O. The molecule has 0 aliphatic carbocycles. The average molecular weight is 366 g/mol. The lowest BCUT2D eigenvalue weighted by Gasteiger charge is -2.35. The molecule has 2 heterocycles. The van der Waals surface area contributed by atoms with Crippen LogP contribution in [0.2, 0.25) is 5.15 Å². The molecule has 5 heteroatoms. The van der Waals surface area contributed by atoms with Crippen molar-refractivity contribution in [2.75, 3.05) is 26.2 Å². The van der Waals surface area contributed by atoms with Gasteiger partial charge in [-0.15, -0.1) is 0 Å². The van der Waals surface area contributed by atoms with Gasteiger partial charge in [-0.1, -0.05) is 54.1 Å². The van der Waals surface area contributed by atoms with Crippen molar-refractivity contribution in [3.63, 3.8) is 0 Å². The van der Waals surface area contributed by atoms with Gasteiger partial charge in [0.25, 0.3) is 5.91 Å². The molecule has 0 bridgehead atoms. The number of halogens is 1. The molecule has 1 aliphatic rings. The maximum Gasteiger partial charge on any atom is 0.255 e. The summed E-state index contributed by atoms with van der Waals surface area (Å²) >= 11 is 5.80.